The summed E-state index contributed by atoms with van der Waals surface area (Å²) in [7, 11) is 0. The van der Waals surface area contributed by atoms with E-state index in [1.54, 1.807) is 4.68 Å². The van der Waals surface area contributed by atoms with Crippen molar-refractivity contribution in [1.29, 1.82) is 0 Å². The maximum Gasteiger partial charge on any atom is 0.272 e. The first-order valence-corrected chi connectivity index (χ1v) is 6.79. The highest BCUT2D eigenvalue weighted by Crippen LogP contribution is 2.26. The molecule has 2 N–H and O–H groups in total. The van der Waals surface area contributed by atoms with Gasteiger partial charge >= 0.3 is 0 Å². The van der Waals surface area contributed by atoms with Crippen molar-refractivity contribution in [1.82, 2.24) is 14.7 Å². The zero-order valence-electron chi connectivity index (χ0n) is 11.8. The third kappa shape index (κ3) is 2.05. The highest BCUT2D eigenvalue weighted by Gasteiger charge is 2.26. The Morgan fingerprint density at radius 3 is 2.80 bits per heavy atom. The minimum Gasteiger partial charge on any atom is -0.399 e. The van der Waals surface area contributed by atoms with E-state index in [1.807, 2.05) is 43.0 Å². The third-order valence-corrected chi connectivity index (χ3v) is 3.66. The van der Waals surface area contributed by atoms with Crippen molar-refractivity contribution in [3.8, 4) is 0 Å². The highest BCUT2D eigenvalue weighted by atomic mass is 16.2. The molecule has 0 bridgehead atoms. The summed E-state index contributed by atoms with van der Waals surface area (Å²) in [6, 6.07) is 7.68. The monoisotopic (exact) mass is 270 g/mol. The van der Waals surface area contributed by atoms with Gasteiger partial charge in [0.15, 0.2) is 0 Å². The van der Waals surface area contributed by atoms with Gasteiger partial charge in [-0.3, -0.25) is 9.48 Å². The van der Waals surface area contributed by atoms with E-state index >= 15 is 0 Å². The molecule has 0 aliphatic carbocycles. The minimum absolute atomic E-state index is 0.0298. The van der Waals surface area contributed by atoms with E-state index in [4.69, 9.17) is 5.73 Å². The number of aryl methyl sites for hydroxylation is 2. The van der Waals surface area contributed by atoms with Gasteiger partial charge in [-0.2, -0.15) is 5.10 Å². The van der Waals surface area contributed by atoms with E-state index in [9.17, 15) is 4.79 Å². The van der Waals surface area contributed by atoms with Gasteiger partial charge in [-0.15, -0.1) is 0 Å². The van der Waals surface area contributed by atoms with Gasteiger partial charge < -0.3 is 10.6 Å². The number of carbonyl (C=O) groups is 1. The van der Waals surface area contributed by atoms with Crippen LogP contribution in [0.5, 0.6) is 0 Å². The number of nitrogens with zero attached hydrogens (tertiary/aromatic N) is 3. The molecule has 2 heterocycles. The molecule has 1 aliphatic rings. The van der Waals surface area contributed by atoms with Gasteiger partial charge in [-0.25, -0.2) is 0 Å². The molecule has 20 heavy (non-hydrogen) atoms. The first kappa shape index (κ1) is 12.7. The van der Waals surface area contributed by atoms with E-state index in [2.05, 4.69) is 5.10 Å². The van der Waals surface area contributed by atoms with E-state index in [1.165, 1.54) is 5.56 Å². The number of benzene rings is 1. The van der Waals surface area contributed by atoms with Crippen LogP contribution in [-0.4, -0.2) is 20.6 Å². The quantitative estimate of drug-likeness (QED) is 0.848. The maximum atomic E-state index is 12.6. The van der Waals surface area contributed by atoms with Crippen LogP contribution < -0.4 is 5.73 Å². The third-order valence-electron chi connectivity index (χ3n) is 3.66. The van der Waals surface area contributed by atoms with Crippen molar-refractivity contribution in [3.63, 3.8) is 0 Å². The van der Waals surface area contributed by atoms with Crippen LogP contribution in [0.2, 0.25) is 0 Å². The average Bonchev–Trinajstić information content (AvgIpc) is 3.00. The normalized spacial score (nSPS) is 13.6. The fraction of sp³-hybridized carbons (Fsp3) is 0.333. The molecule has 0 atom stereocenters. The van der Waals surface area contributed by atoms with Crippen LogP contribution >= 0.6 is 0 Å². The summed E-state index contributed by atoms with van der Waals surface area (Å²) >= 11 is 0. The average molecular weight is 270 g/mol. The Balaban J connectivity index is 1.87. The summed E-state index contributed by atoms with van der Waals surface area (Å²) in [6.07, 6.45) is 0. The number of rotatable bonds is 2. The van der Waals surface area contributed by atoms with Gasteiger partial charge in [0.25, 0.3) is 5.91 Å². The lowest BCUT2D eigenvalue weighted by molar-refractivity contribution is 0.0739. The minimum atomic E-state index is 0.0298. The van der Waals surface area contributed by atoms with Crippen molar-refractivity contribution < 1.29 is 4.79 Å². The predicted molar refractivity (Wildman–Crippen MR) is 77.1 cm³/mol. The fourth-order valence-electron chi connectivity index (χ4n) is 2.68. The Hall–Kier alpha value is -2.30. The fourth-order valence-corrected chi connectivity index (χ4v) is 2.68. The topological polar surface area (TPSA) is 64.2 Å². The van der Waals surface area contributed by atoms with Crippen LogP contribution in [0.15, 0.2) is 24.3 Å². The van der Waals surface area contributed by atoms with E-state index in [0.717, 1.165) is 16.9 Å². The van der Waals surface area contributed by atoms with Crippen molar-refractivity contribution in [2.45, 2.75) is 33.5 Å². The second-order valence-corrected chi connectivity index (χ2v) is 5.18. The van der Waals surface area contributed by atoms with Crippen molar-refractivity contribution >= 4 is 11.6 Å². The molecule has 1 amide bonds. The molecule has 104 valence electrons. The molecule has 0 fully saturated rings. The van der Waals surface area contributed by atoms with Gasteiger partial charge in [-0.1, -0.05) is 6.07 Å². The molecule has 0 saturated heterocycles. The van der Waals surface area contributed by atoms with Gasteiger partial charge in [0, 0.05) is 25.3 Å². The summed E-state index contributed by atoms with van der Waals surface area (Å²) in [5, 5.41) is 4.33. The Labute approximate surface area is 118 Å². The zero-order valence-corrected chi connectivity index (χ0v) is 11.8. The summed E-state index contributed by atoms with van der Waals surface area (Å²) in [5.41, 5.74) is 10.4. The smallest absolute Gasteiger partial charge is 0.272 e. The number of anilines is 1. The largest absolute Gasteiger partial charge is 0.399 e. The van der Waals surface area contributed by atoms with Crippen LogP contribution in [0.4, 0.5) is 5.69 Å². The number of carbonyl (C=O) groups excluding carboxylic acids is 1. The van der Waals surface area contributed by atoms with Crippen LogP contribution in [0.1, 0.15) is 34.2 Å². The number of hydrogen-bond donors (Lipinski definition) is 1. The molecule has 1 aromatic carbocycles. The summed E-state index contributed by atoms with van der Waals surface area (Å²) < 4.78 is 1.76. The Bertz CT molecular complexity index is 675. The SMILES string of the molecule is CCn1nc(C)cc1C(=O)N1Cc2ccc(N)cc2C1. The summed E-state index contributed by atoms with van der Waals surface area (Å²) in [5.74, 6) is 0.0298. The van der Waals surface area contributed by atoms with E-state index in [0.29, 0.717) is 25.3 Å². The lowest BCUT2D eigenvalue weighted by Gasteiger charge is -2.15. The zero-order chi connectivity index (χ0) is 14.3. The van der Waals surface area contributed by atoms with Crippen LogP contribution in [-0.2, 0) is 19.6 Å². The van der Waals surface area contributed by atoms with Crippen molar-refractivity contribution in [2.75, 3.05) is 5.73 Å². The van der Waals surface area contributed by atoms with Gasteiger partial charge in [0.2, 0.25) is 0 Å². The van der Waals surface area contributed by atoms with Gasteiger partial charge in [0.1, 0.15) is 5.69 Å². The molecule has 2 aromatic rings. The number of hydrogen-bond acceptors (Lipinski definition) is 3. The summed E-state index contributed by atoms with van der Waals surface area (Å²) in [4.78, 5) is 14.5. The van der Waals surface area contributed by atoms with E-state index < -0.39 is 0 Å². The standard InChI is InChI=1S/C15H18N4O/c1-3-19-14(6-10(2)17-19)15(20)18-8-11-4-5-13(16)7-12(11)9-18/h4-7H,3,8-9,16H2,1-2H3. The predicted octanol–water partition coefficient (Wildman–Crippen LogP) is 1.95. The Morgan fingerprint density at radius 1 is 1.30 bits per heavy atom. The highest BCUT2D eigenvalue weighted by molar-refractivity contribution is 5.93. The molecule has 1 aliphatic heterocycles. The number of nitrogen functional groups attached to an aromatic ring is 1. The Morgan fingerprint density at radius 2 is 2.05 bits per heavy atom. The van der Waals surface area contributed by atoms with Crippen LogP contribution in [0.3, 0.4) is 0 Å². The molecule has 0 saturated carbocycles. The molecular formula is C15H18N4O. The number of nitrogens with two attached hydrogens (primary N) is 1. The van der Waals surface area contributed by atoms with Crippen molar-refractivity contribution in [3.05, 3.63) is 46.8 Å². The van der Waals surface area contributed by atoms with Crippen LogP contribution in [0, 0.1) is 6.92 Å². The second-order valence-electron chi connectivity index (χ2n) is 5.18. The number of fused-ring (bicyclic) bond motifs is 1. The molecule has 1 aromatic heterocycles. The number of aromatic nitrogens is 2. The molecule has 3 rings (SSSR count). The van der Waals surface area contributed by atoms with Gasteiger partial charge in [-0.05, 0) is 43.2 Å². The second kappa shape index (κ2) is 4.67. The number of amides is 1. The van der Waals surface area contributed by atoms with Crippen molar-refractivity contribution in [2.24, 2.45) is 0 Å². The first-order valence-electron chi connectivity index (χ1n) is 6.79. The van der Waals surface area contributed by atoms with Gasteiger partial charge in [0.05, 0.1) is 5.69 Å². The first-order chi connectivity index (χ1) is 9.58. The molecular weight excluding hydrogens is 252 g/mol. The molecule has 0 radical (unpaired) electrons. The molecule has 0 unspecified atom stereocenters. The maximum absolute atomic E-state index is 12.6. The lowest BCUT2D eigenvalue weighted by Crippen LogP contribution is -2.27. The molecule has 5 nitrogen and oxygen atoms in total. The molecule has 0 spiro atoms. The van der Waals surface area contributed by atoms with Crippen LogP contribution in [0.25, 0.3) is 0 Å². The lowest BCUT2D eigenvalue weighted by atomic mass is 10.1. The molecule has 5 heteroatoms. The Kier molecular flexibility index (Phi) is 2.97. The summed E-state index contributed by atoms with van der Waals surface area (Å²) in [6.45, 7) is 5.85. The van der Waals surface area contributed by atoms with E-state index in [-0.39, 0.29) is 5.91 Å².